The molecule has 108 valence electrons. The van der Waals surface area contributed by atoms with Gasteiger partial charge in [0.25, 0.3) is 0 Å². The summed E-state index contributed by atoms with van der Waals surface area (Å²) >= 11 is 3.27. The summed E-state index contributed by atoms with van der Waals surface area (Å²) in [6, 6.07) is 6.73. The highest BCUT2D eigenvalue weighted by molar-refractivity contribution is 9.09. The van der Waals surface area contributed by atoms with Crippen molar-refractivity contribution in [3.63, 3.8) is 0 Å². The quantitative estimate of drug-likeness (QED) is 0.732. The van der Waals surface area contributed by atoms with E-state index in [1.54, 1.807) is 19.2 Å². The van der Waals surface area contributed by atoms with Crippen molar-refractivity contribution in [2.45, 2.75) is 30.7 Å². The van der Waals surface area contributed by atoms with E-state index in [2.05, 4.69) is 27.6 Å². The zero-order valence-electron chi connectivity index (χ0n) is 11.2. The normalized spacial score (nSPS) is 13.4. The Morgan fingerprint density at radius 1 is 1.32 bits per heavy atom. The molecule has 0 aliphatic heterocycles. The molecule has 0 fully saturated rings. The molecule has 0 aliphatic carbocycles. The van der Waals surface area contributed by atoms with Gasteiger partial charge >= 0.3 is 0 Å². The van der Waals surface area contributed by atoms with E-state index in [0.29, 0.717) is 11.9 Å². The summed E-state index contributed by atoms with van der Waals surface area (Å²) in [6.45, 7) is 2.43. The van der Waals surface area contributed by atoms with Gasteiger partial charge < -0.3 is 4.74 Å². The number of halogens is 1. The number of ether oxygens (including phenoxy) is 1. The molecular weight excluding hydrogens is 330 g/mol. The van der Waals surface area contributed by atoms with Crippen LogP contribution in [0.4, 0.5) is 0 Å². The Kier molecular flexibility index (Phi) is 6.99. The van der Waals surface area contributed by atoms with Gasteiger partial charge in [-0.05, 0) is 24.1 Å². The van der Waals surface area contributed by atoms with Gasteiger partial charge in [-0.15, -0.1) is 0 Å². The third-order valence-electron chi connectivity index (χ3n) is 2.65. The van der Waals surface area contributed by atoms with Crippen LogP contribution in [0.1, 0.15) is 18.9 Å². The number of sulfonamides is 1. The summed E-state index contributed by atoms with van der Waals surface area (Å²) < 4.78 is 31.9. The molecule has 0 saturated carbocycles. The van der Waals surface area contributed by atoms with Gasteiger partial charge in [-0.1, -0.05) is 41.4 Å². The highest BCUT2D eigenvalue weighted by atomic mass is 79.9. The molecule has 0 heterocycles. The van der Waals surface area contributed by atoms with Gasteiger partial charge in [0, 0.05) is 12.4 Å². The van der Waals surface area contributed by atoms with Crippen LogP contribution < -0.4 is 4.72 Å². The van der Waals surface area contributed by atoms with Crippen LogP contribution in [-0.4, -0.2) is 33.5 Å². The Morgan fingerprint density at radius 3 is 2.42 bits per heavy atom. The van der Waals surface area contributed by atoms with Gasteiger partial charge in [0.05, 0.1) is 17.5 Å². The van der Waals surface area contributed by atoms with E-state index in [-0.39, 0.29) is 10.9 Å². The van der Waals surface area contributed by atoms with Crippen LogP contribution in [-0.2, 0) is 21.2 Å². The number of rotatable bonds is 8. The van der Waals surface area contributed by atoms with Gasteiger partial charge in [0.15, 0.2) is 0 Å². The Bertz CT molecular complexity index is 473. The minimum Gasteiger partial charge on any atom is -0.383 e. The van der Waals surface area contributed by atoms with Crippen molar-refractivity contribution in [1.29, 1.82) is 0 Å². The second-order valence-corrected chi connectivity index (χ2v) is 6.68. The molecule has 0 saturated heterocycles. The van der Waals surface area contributed by atoms with Crippen LogP contribution in [0.3, 0.4) is 0 Å². The van der Waals surface area contributed by atoms with Crippen molar-refractivity contribution in [1.82, 2.24) is 4.72 Å². The highest BCUT2D eigenvalue weighted by Crippen LogP contribution is 2.12. The van der Waals surface area contributed by atoms with Gasteiger partial charge in [-0.3, -0.25) is 0 Å². The van der Waals surface area contributed by atoms with E-state index in [1.807, 2.05) is 12.1 Å². The maximum absolute atomic E-state index is 12.2. The molecule has 0 radical (unpaired) electrons. The summed E-state index contributed by atoms with van der Waals surface area (Å²) in [5, 5.41) is 0.508. The molecule has 1 unspecified atom stereocenters. The fraction of sp³-hybridized carbons (Fsp3) is 0.538. The van der Waals surface area contributed by atoms with E-state index in [0.717, 1.165) is 18.4 Å². The maximum Gasteiger partial charge on any atom is 0.240 e. The molecule has 4 nitrogen and oxygen atoms in total. The molecule has 0 amide bonds. The standard InChI is InChI=1S/C13H20BrNO3S/c1-3-4-11-5-7-13(8-6-11)19(16,17)15-12(9-14)10-18-2/h5-8,12,15H,3-4,9-10H2,1-2H3. The SMILES string of the molecule is CCCc1ccc(S(=O)(=O)NC(CBr)COC)cc1. The average molecular weight is 350 g/mol. The molecule has 1 aromatic rings. The Morgan fingerprint density at radius 2 is 1.95 bits per heavy atom. The third kappa shape index (κ3) is 5.22. The lowest BCUT2D eigenvalue weighted by molar-refractivity contribution is 0.182. The van der Waals surface area contributed by atoms with Crippen molar-refractivity contribution in [3.05, 3.63) is 29.8 Å². The van der Waals surface area contributed by atoms with Crippen LogP contribution in [0.5, 0.6) is 0 Å². The number of hydrogen-bond donors (Lipinski definition) is 1. The van der Waals surface area contributed by atoms with E-state index < -0.39 is 10.0 Å². The fourth-order valence-electron chi connectivity index (χ4n) is 1.72. The summed E-state index contributed by atoms with van der Waals surface area (Å²) in [5.74, 6) is 0. The minimum atomic E-state index is -3.49. The molecule has 1 rings (SSSR count). The second kappa shape index (κ2) is 7.99. The summed E-state index contributed by atoms with van der Waals surface area (Å²) in [7, 11) is -1.94. The lowest BCUT2D eigenvalue weighted by Crippen LogP contribution is -2.39. The molecule has 1 N–H and O–H groups in total. The fourth-order valence-corrected chi connectivity index (χ4v) is 3.51. The topological polar surface area (TPSA) is 55.4 Å². The Hall–Kier alpha value is -0.430. The zero-order chi connectivity index (χ0) is 14.3. The predicted octanol–water partition coefficient (Wildman–Crippen LogP) is 2.33. The molecule has 6 heteroatoms. The number of aryl methyl sites for hydroxylation is 1. The van der Waals surface area contributed by atoms with Crippen LogP contribution >= 0.6 is 15.9 Å². The van der Waals surface area contributed by atoms with Crippen molar-refractivity contribution in [3.8, 4) is 0 Å². The summed E-state index contributed by atoms with van der Waals surface area (Å²) in [4.78, 5) is 0.286. The first-order valence-electron chi connectivity index (χ1n) is 6.19. The van der Waals surface area contributed by atoms with Crippen LogP contribution in [0.25, 0.3) is 0 Å². The molecular formula is C13H20BrNO3S. The molecule has 1 aromatic carbocycles. The minimum absolute atomic E-state index is 0.273. The molecule has 0 spiro atoms. The Labute approximate surface area is 123 Å². The lowest BCUT2D eigenvalue weighted by atomic mass is 10.1. The summed E-state index contributed by atoms with van der Waals surface area (Å²) in [6.07, 6.45) is 2.01. The molecule has 0 aliphatic rings. The monoisotopic (exact) mass is 349 g/mol. The van der Waals surface area contributed by atoms with E-state index in [4.69, 9.17) is 4.74 Å². The van der Waals surface area contributed by atoms with Crippen molar-refractivity contribution >= 4 is 26.0 Å². The van der Waals surface area contributed by atoms with Crippen LogP contribution in [0, 0.1) is 0 Å². The highest BCUT2D eigenvalue weighted by Gasteiger charge is 2.19. The van der Waals surface area contributed by atoms with E-state index >= 15 is 0 Å². The van der Waals surface area contributed by atoms with Gasteiger partial charge in [0.1, 0.15) is 0 Å². The number of methoxy groups -OCH3 is 1. The Balaban J connectivity index is 2.81. The average Bonchev–Trinajstić information content (AvgIpc) is 2.39. The molecule has 0 aromatic heterocycles. The summed E-state index contributed by atoms with van der Waals surface area (Å²) in [5.41, 5.74) is 1.15. The van der Waals surface area contributed by atoms with Crippen molar-refractivity contribution in [2.24, 2.45) is 0 Å². The van der Waals surface area contributed by atoms with Crippen LogP contribution in [0.15, 0.2) is 29.2 Å². The van der Waals surface area contributed by atoms with Crippen molar-refractivity contribution < 1.29 is 13.2 Å². The first-order chi connectivity index (χ1) is 9.03. The van der Waals surface area contributed by atoms with Gasteiger partial charge in [-0.2, -0.15) is 0 Å². The predicted molar refractivity (Wildman–Crippen MR) is 80.2 cm³/mol. The number of nitrogens with one attached hydrogen (secondary N) is 1. The zero-order valence-corrected chi connectivity index (χ0v) is 13.6. The third-order valence-corrected chi connectivity index (χ3v) is 4.97. The molecule has 19 heavy (non-hydrogen) atoms. The van der Waals surface area contributed by atoms with Gasteiger partial charge in [-0.25, -0.2) is 13.1 Å². The van der Waals surface area contributed by atoms with E-state index in [9.17, 15) is 8.42 Å². The molecule has 0 bridgehead atoms. The lowest BCUT2D eigenvalue weighted by Gasteiger charge is -2.15. The van der Waals surface area contributed by atoms with Crippen LogP contribution in [0.2, 0.25) is 0 Å². The smallest absolute Gasteiger partial charge is 0.240 e. The van der Waals surface area contributed by atoms with E-state index in [1.165, 1.54) is 0 Å². The number of benzene rings is 1. The number of hydrogen-bond acceptors (Lipinski definition) is 3. The molecule has 1 atom stereocenters. The first-order valence-corrected chi connectivity index (χ1v) is 8.80. The second-order valence-electron chi connectivity index (χ2n) is 4.32. The first kappa shape index (κ1) is 16.6. The van der Waals surface area contributed by atoms with Crippen molar-refractivity contribution in [2.75, 3.05) is 19.0 Å². The number of alkyl halides is 1. The largest absolute Gasteiger partial charge is 0.383 e. The van der Waals surface area contributed by atoms with Gasteiger partial charge in [0.2, 0.25) is 10.0 Å². The maximum atomic E-state index is 12.2.